The second kappa shape index (κ2) is 5.46. The number of carbonyl (C=O) groups is 1. The van der Waals surface area contributed by atoms with E-state index in [0.717, 1.165) is 4.31 Å². The van der Waals surface area contributed by atoms with Crippen LogP contribution in [0.15, 0.2) is 0 Å². The first-order valence-electron chi connectivity index (χ1n) is 4.66. The minimum Gasteiger partial charge on any atom is -0.443 e. The number of aliphatic hydroxyl groups excluding tert-OH is 1. The molecule has 16 heavy (non-hydrogen) atoms. The Labute approximate surface area is 95.6 Å². The molecule has 0 heterocycles. The van der Waals surface area contributed by atoms with Gasteiger partial charge >= 0.3 is 16.3 Å². The van der Waals surface area contributed by atoms with E-state index in [1.165, 1.54) is 7.05 Å². The van der Waals surface area contributed by atoms with Crippen LogP contribution in [0.5, 0.6) is 0 Å². The van der Waals surface area contributed by atoms with Gasteiger partial charge in [-0.05, 0) is 20.8 Å². The Kier molecular flexibility index (Phi) is 5.17. The molecule has 0 radical (unpaired) electrons. The van der Waals surface area contributed by atoms with Crippen molar-refractivity contribution in [1.29, 1.82) is 0 Å². The van der Waals surface area contributed by atoms with Crippen LogP contribution in [0.1, 0.15) is 20.8 Å². The zero-order valence-electron chi connectivity index (χ0n) is 9.85. The minimum absolute atomic E-state index is 0.0991. The van der Waals surface area contributed by atoms with E-state index in [-0.39, 0.29) is 13.2 Å². The summed E-state index contributed by atoms with van der Waals surface area (Å²) in [6.45, 7) is 4.44. The first-order valence-corrected chi connectivity index (χ1v) is 6.10. The monoisotopic (exact) mass is 254 g/mol. The molecule has 0 aromatic carbocycles. The van der Waals surface area contributed by atoms with E-state index >= 15 is 0 Å². The molecule has 0 unspecified atom stereocenters. The third kappa shape index (κ3) is 5.89. The molecule has 0 atom stereocenters. The number of aliphatic hydroxyl groups is 1. The van der Waals surface area contributed by atoms with Gasteiger partial charge in [0, 0.05) is 13.6 Å². The van der Waals surface area contributed by atoms with Crippen molar-refractivity contribution in [3.8, 4) is 0 Å². The molecule has 0 aromatic rings. The van der Waals surface area contributed by atoms with Gasteiger partial charge in [0.25, 0.3) is 0 Å². The average molecular weight is 254 g/mol. The standard InChI is InChI=1S/C8H18N2O5S/c1-8(2,3)15-7(12)9-16(13,14)10(4)5-6-11/h11H,5-6H2,1-4H3,(H,9,12). The molecule has 2 N–H and O–H groups in total. The highest BCUT2D eigenvalue weighted by molar-refractivity contribution is 7.87. The van der Waals surface area contributed by atoms with E-state index in [2.05, 4.69) is 0 Å². The number of carbonyl (C=O) groups excluding carboxylic acids is 1. The molecule has 96 valence electrons. The van der Waals surface area contributed by atoms with Crippen LogP contribution in [-0.4, -0.2) is 49.7 Å². The SMILES string of the molecule is CN(CCO)S(=O)(=O)NC(=O)OC(C)(C)C. The molecule has 0 bridgehead atoms. The Hall–Kier alpha value is -0.860. The largest absolute Gasteiger partial charge is 0.443 e. The number of nitrogens with zero attached hydrogens (tertiary/aromatic N) is 1. The van der Waals surface area contributed by atoms with Crippen LogP contribution in [0, 0.1) is 0 Å². The zero-order chi connectivity index (χ0) is 13.0. The Morgan fingerprint density at radius 1 is 1.44 bits per heavy atom. The van der Waals surface area contributed by atoms with Crippen molar-refractivity contribution in [2.24, 2.45) is 0 Å². The predicted molar refractivity (Wildman–Crippen MR) is 58.0 cm³/mol. The topological polar surface area (TPSA) is 95.9 Å². The fourth-order valence-corrected chi connectivity index (χ4v) is 1.47. The molecule has 0 spiro atoms. The van der Waals surface area contributed by atoms with Crippen LogP contribution in [0.2, 0.25) is 0 Å². The lowest BCUT2D eigenvalue weighted by molar-refractivity contribution is 0.0567. The summed E-state index contributed by atoms with van der Waals surface area (Å²) in [6.07, 6.45) is -1.04. The van der Waals surface area contributed by atoms with Gasteiger partial charge in [0.2, 0.25) is 0 Å². The number of likely N-dealkylation sites (N-methyl/N-ethyl adjacent to an activating group) is 1. The summed E-state index contributed by atoms with van der Waals surface area (Å²) in [5, 5.41) is 8.57. The quantitative estimate of drug-likeness (QED) is 0.716. The first-order chi connectivity index (χ1) is 7.08. The lowest BCUT2D eigenvalue weighted by Gasteiger charge is -2.21. The van der Waals surface area contributed by atoms with Gasteiger partial charge in [-0.1, -0.05) is 0 Å². The number of ether oxygens (including phenoxy) is 1. The Morgan fingerprint density at radius 2 is 1.94 bits per heavy atom. The molecule has 0 aliphatic carbocycles. The van der Waals surface area contributed by atoms with Crippen LogP contribution in [0.25, 0.3) is 0 Å². The molecule has 0 rings (SSSR count). The molecule has 0 saturated heterocycles. The zero-order valence-corrected chi connectivity index (χ0v) is 10.7. The second-order valence-electron chi connectivity index (χ2n) is 4.15. The molecular weight excluding hydrogens is 236 g/mol. The van der Waals surface area contributed by atoms with Crippen LogP contribution in [-0.2, 0) is 14.9 Å². The van der Waals surface area contributed by atoms with Gasteiger partial charge in [-0.2, -0.15) is 12.7 Å². The number of hydrogen-bond acceptors (Lipinski definition) is 5. The summed E-state index contributed by atoms with van der Waals surface area (Å²) in [5.41, 5.74) is -0.769. The second-order valence-corrected chi connectivity index (χ2v) is 5.93. The highest BCUT2D eigenvalue weighted by atomic mass is 32.2. The van der Waals surface area contributed by atoms with Gasteiger partial charge in [0.15, 0.2) is 0 Å². The lowest BCUT2D eigenvalue weighted by atomic mass is 10.2. The van der Waals surface area contributed by atoms with E-state index in [1.807, 2.05) is 0 Å². The summed E-state index contributed by atoms with van der Waals surface area (Å²) in [7, 11) is -2.71. The van der Waals surface area contributed by atoms with Crippen molar-refractivity contribution < 1.29 is 23.1 Å². The third-order valence-corrected chi connectivity index (χ3v) is 2.86. The highest BCUT2D eigenvalue weighted by Crippen LogP contribution is 2.07. The summed E-state index contributed by atoms with van der Waals surface area (Å²) in [4.78, 5) is 11.2. The van der Waals surface area contributed by atoms with Crippen LogP contribution < -0.4 is 4.72 Å². The summed E-state index contributed by atoms with van der Waals surface area (Å²) in [6, 6.07) is 0. The van der Waals surface area contributed by atoms with Crippen molar-refractivity contribution in [1.82, 2.24) is 9.03 Å². The molecule has 0 fully saturated rings. The molecule has 0 aliphatic heterocycles. The smallest absolute Gasteiger partial charge is 0.422 e. The third-order valence-electron chi connectivity index (χ3n) is 1.44. The molecule has 0 saturated carbocycles. The number of rotatable bonds is 4. The normalized spacial score (nSPS) is 12.6. The summed E-state index contributed by atoms with van der Waals surface area (Å²) < 4.78 is 30.2. The minimum atomic E-state index is -3.95. The maximum atomic E-state index is 11.4. The fourth-order valence-electron chi connectivity index (χ4n) is 0.743. The van der Waals surface area contributed by atoms with E-state index in [4.69, 9.17) is 9.84 Å². The van der Waals surface area contributed by atoms with Crippen LogP contribution >= 0.6 is 0 Å². The van der Waals surface area contributed by atoms with Gasteiger partial charge in [-0.3, -0.25) is 0 Å². The number of hydrogen-bond donors (Lipinski definition) is 2. The molecular formula is C8H18N2O5S. The van der Waals surface area contributed by atoms with Gasteiger partial charge in [-0.25, -0.2) is 9.52 Å². The highest BCUT2D eigenvalue weighted by Gasteiger charge is 2.24. The van der Waals surface area contributed by atoms with Gasteiger partial charge in [0.05, 0.1) is 6.61 Å². The van der Waals surface area contributed by atoms with Gasteiger partial charge < -0.3 is 9.84 Å². The predicted octanol–water partition coefficient (Wildman–Crippen LogP) is -0.320. The molecule has 1 amide bonds. The van der Waals surface area contributed by atoms with E-state index in [1.54, 1.807) is 25.5 Å². The van der Waals surface area contributed by atoms with Crippen molar-refractivity contribution in [2.75, 3.05) is 20.2 Å². The Bertz CT molecular complexity index is 333. The first kappa shape index (κ1) is 15.1. The van der Waals surface area contributed by atoms with Crippen molar-refractivity contribution in [3.63, 3.8) is 0 Å². The fraction of sp³-hybridized carbons (Fsp3) is 0.875. The maximum Gasteiger partial charge on any atom is 0.422 e. The number of nitrogens with one attached hydrogen (secondary N) is 1. The Balaban J connectivity index is 4.43. The van der Waals surface area contributed by atoms with Crippen LogP contribution in [0.4, 0.5) is 4.79 Å². The van der Waals surface area contributed by atoms with Gasteiger partial charge in [-0.15, -0.1) is 0 Å². The molecule has 8 heteroatoms. The molecule has 0 aliphatic rings. The van der Waals surface area contributed by atoms with E-state index in [0.29, 0.717) is 0 Å². The Morgan fingerprint density at radius 3 is 2.31 bits per heavy atom. The van der Waals surface area contributed by atoms with Crippen molar-refractivity contribution in [3.05, 3.63) is 0 Å². The van der Waals surface area contributed by atoms with Gasteiger partial charge in [0.1, 0.15) is 5.60 Å². The average Bonchev–Trinajstić information content (AvgIpc) is 1.99. The summed E-state index contributed by atoms with van der Waals surface area (Å²) >= 11 is 0. The van der Waals surface area contributed by atoms with E-state index < -0.39 is 21.9 Å². The molecule has 0 aromatic heterocycles. The lowest BCUT2D eigenvalue weighted by Crippen LogP contribution is -2.44. The van der Waals surface area contributed by atoms with Crippen LogP contribution in [0.3, 0.4) is 0 Å². The van der Waals surface area contributed by atoms with Crippen molar-refractivity contribution >= 4 is 16.3 Å². The molecule has 7 nitrogen and oxygen atoms in total. The van der Waals surface area contributed by atoms with Crippen molar-refractivity contribution in [2.45, 2.75) is 26.4 Å². The summed E-state index contributed by atoms with van der Waals surface area (Å²) in [5.74, 6) is 0. The maximum absolute atomic E-state index is 11.4. The number of amides is 1. The van der Waals surface area contributed by atoms with E-state index in [9.17, 15) is 13.2 Å².